The minimum Gasteiger partial charge on any atom is -0.496 e. The summed E-state index contributed by atoms with van der Waals surface area (Å²) in [5, 5.41) is 3.27. The standard InChI is InChI=1S/C15H21NO3.ClH/c1-3-19-15(17)10-16-12-8-7-11-5-4-6-14(18-2)13(11)9-12;/h4-6,12,16H,3,7-10H2,1-2H3;1H. The Morgan fingerprint density at radius 1 is 1.45 bits per heavy atom. The third-order valence-electron chi connectivity index (χ3n) is 3.50. The number of hydrogen-bond acceptors (Lipinski definition) is 4. The van der Waals surface area contributed by atoms with Crippen LogP contribution in [0, 0.1) is 0 Å². The second-order valence-electron chi connectivity index (χ2n) is 4.72. The van der Waals surface area contributed by atoms with E-state index in [-0.39, 0.29) is 24.9 Å². The average molecular weight is 300 g/mol. The van der Waals surface area contributed by atoms with Crippen LogP contribution in [0.4, 0.5) is 0 Å². The molecule has 0 spiro atoms. The lowest BCUT2D eigenvalue weighted by Gasteiger charge is -2.26. The van der Waals surface area contributed by atoms with Gasteiger partial charge in [0, 0.05) is 6.04 Å². The van der Waals surface area contributed by atoms with Gasteiger partial charge in [-0.15, -0.1) is 12.4 Å². The van der Waals surface area contributed by atoms with Crippen molar-refractivity contribution in [2.75, 3.05) is 20.3 Å². The summed E-state index contributed by atoms with van der Waals surface area (Å²) >= 11 is 0. The fourth-order valence-electron chi connectivity index (χ4n) is 2.56. The summed E-state index contributed by atoms with van der Waals surface area (Å²) in [6.45, 7) is 2.53. The summed E-state index contributed by atoms with van der Waals surface area (Å²) in [5.74, 6) is 0.758. The normalized spacial score (nSPS) is 16.8. The largest absolute Gasteiger partial charge is 0.496 e. The van der Waals surface area contributed by atoms with Gasteiger partial charge in [-0.25, -0.2) is 0 Å². The number of methoxy groups -OCH3 is 1. The number of carbonyl (C=O) groups excluding carboxylic acids is 1. The summed E-state index contributed by atoms with van der Waals surface area (Å²) in [7, 11) is 1.70. The van der Waals surface area contributed by atoms with Gasteiger partial charge in [-0.05, 0) is 43.4 Å². The van der Waals surface area contributed by atoms with Crippen molar-refractivity contribution in [3.05, 3.63) is 29.3 Å². The Balaban J connectivity index is 0.00000200. The van der Waals surface area contributed by atoms with Gasteiger partial charge in [-0.1, -0.05) is 12.1 Å². The molecule has 0 amide bonds. The average Bonchev–Trinajstić information content (AvgIpc) is 2.44. The maximum atomic E-state index is 11.3. The molecule has 0 aliphatic heterocycles. The predicted molar refractivity (Wildman–Crippen MR) is 80.7 cm³/mol. The third kappa shape index (κ3) is 4.12. The molecular formula is C15H22ClNO3. The van der Waals surface area contributed by atoms with Gasteiger partial charge >= 0.3 is 5.97 Å². The van der Waals surface area contributed by atoms with E-state index >= 15 is 0 Å². The monoisotopic (exact) mass is 299 g/mol. The number of rotatable bonds is 5. The summed E-state index contributed by atoms with van der Waals surface area (Å²) in [5.41, 5.74) is 2.62. The first-order valence-corrected chi connectivity index (χ1v) is 6.78. The second kappa shape index (κ2) is 8.12. The Kier molecular flexibility index (Phi) is 6.82. The molecule has 0 heterocycles. The number of carbonyl (C=O) groups is 1. The van der Waals surface area contributed by atoms with Crippen LogP contribution in [0.2, 0.25) is 0 Å². The fraction of sp³-hybridized carbons (Fsp3) is 0.533. The highest BCUT2D eigenvalue weighted by Gasteiger charge is 2.21. The van der Waals surface area contributed by atoms with Crippen LogP contribution in [0.5, 0.6) is 5.75 Å². The summed E-state index contributed by atoms with van der Waals surface area (Å²) in [6, 6.07) is 6.49. The van der Waals surface area contributed by atoms with Gasteiger partial charge in [0.2, 0.25) is 0 Å². The van der Waals surface area contributed by atoms with E-state index in [4.69, 9.17) is 9.47 Å². The fourth-order valence-corrected chi connectivity index (χ4v) is 2.56. The maximum Gasteiger partial charge on any atom is 0.319 e. The Labute approximate surface area is 126 Å². The molecule has 1 aliphatic carbocycles. The summed E-state index contributed by atoms with van der Waals surface area (Å²) in [6.07, 6.45) is 2.96. The summed E-state index contributed by atoms with van der Waals surface area (Å²) < 4.78 is 10.3. The molecule has 1 atom stereocenters. The van der Waals surface area contributed by atoms with Crippen molar-refractivity contribution in [1.29, 1.82) is 0 Å². The van der Waals surface area contributed by atoms with E-state index in [0.717, 1.165) is 25.0 Å². The van der Waals surface area contributed by atoms with Crippen molar-refractivity contribution in [1.82, 2.24) is 5.32 Å². The minimum absolute atomic E-state index is 0. The van der Waals surface area contributed by atoms with Crippen LogP contribution in [-0.4, -0.2) is 32.3 Å². The number of fused-ring (bicyclic) bond motifs is 1. The number of halogens is 1. The van der Waals surface area contributed by atoms with Crippen molar-refractivity contribution in [2.45, 2.75) is 32.2 Å². The van der Waals surface area contributed by atoms with E-state index in [2.05, 4.69) is 11.4 Å². The van der Waals surface area contributed by atoms with Gasteiger partial charge in [-0.3, -0.25) is 4.79 Å². The Morgan fingerprint density at radius 3 is 2.95 bits per heavy atom. The van der Waals surface area contributed by atoms with Crippen LogP contribution in [0.1, 0.15) is 24.5 Å². The van der Waals surface area contributed by atoms with Gasteiger partial charge in [0.1, 0.15) is 5.75 Å². The number of hydrogen-bond donors (Lipinski definition) is 1. The molecule has 0 aromatic heterocycles. The maximum absolute atomic E-state index is 11.3. The van der Waals surface area contributed by atoms with Crippen LogP contribution in [0.25, 0.3) is 0 Å². The molecular weight excluding hydrogens is 278 g/mol. The van der Waals surface area contributed by atoms with Gasteiger partial charge in [0.15, 0.2) is 0 Å². The van der Waals surface area contributed by atoms with E-state index in [9.17, 15) is 4.79 Å². The first-order chi connectivity index (χ1) is 9.24. The molecule has 2 rings (SSSR count). The zero-order valence-electron chi connectivity index (χ0n) is 12.0. The molecule has 4 nitrogen and oxygen atoms in total. The van der Waals surface area contributed by atoms with Crippen LogP contribution in [0.3, 0.4) is 0 Å². The van der Waals surface area contributed by atoms with Crippen molar-refractivity contribution < 1.29 is 14.3 Å². The van der Waals surface area contributed by atoms with Crippen LogP contribution in [-0.2, 0) is 22.4 Å². The highest BCUT2D eigenvalue weighted by atomic mass is 35.5. The number of nitrogens with one attached hydrogen (secondary N) is 1. The molecule has 1 N–H and O–H groups in total. The quantitative estimate of drug-likeness (QED) is 0.846. The van der Waals surface area contributed by atoms with E-state index in [0.29, 0.717) is 12.6 Å². The Morgan fingerprint density at radius 2 is 2.25 bits per heavy atom. The lowest BCUT2D eigenvalue weighted by atomic mass is 9.87. The molecule has 1 aromatic rings. The van der Waals surface area contributed by atoms with Gasteiger partial charge in [0.05, 0.1) is 20.3 Å². The Hall–Kier alpha value is -1.26. The minimum atomic E-state index is -0.187. The van der Waals surface area contributed by atoms with Crippen LogP contribution >= 0.6 is 12.4 Å². The molecule has 0 saturated carbocycles. The zero-order chi connectivity index (χ0) is 13.7. The highest BCUT2D eigenvalue weighted by molar-refractivity contribution is 5.85. The first-order valence-electron chi connectivity index (χ1n) is 6.78. The van der Waals surface area contributed by atoms with E-state index in [1.54, 1.807) is 7.11 Å². The number of aryl methyl sites for hydroxylation is 1. The summed E-state index contributed by atoms with van der Waals surface area (Å²) in [4.78, 5) is 11.3. The number of benzene rings is 1. The molecule has 20 heavy (non-hydrogen) atoms. The van der Waals surface area contributed by atoms with Crippen LogP contribution < -0.4 is 10.1 Å². The molecule has 1 aliphatic rings. The molecule has 1 unspecified atom stereocenters. The molecule has 5 heteroatoms. The van der Waals surface area contributed by atoms with Crippen molar-refractivity contribution in [3.8, 4) is 5.75 Å². The highest BCUT2D eigenvalue weighted by Crippen LogP contribution is 2.29. The first kappa shape index (κ1) is 16.8. The lowest BCUT2D eigenvalue weighted by molar-refractivity contribution is -0.142. The number of esters is 1. The van der Waals surface area contributed by atoms with E-state index in [1.165, 1.54) is 11.1 Å². The number of ether oxygens (including phenoxy) is 2. The molecule has 0 fully saturated rings. The van der Waals surface area contributed by atoms with Crippen LogP contribution in [0.15, 0.2) is 18.2 Å². The molecule has 0 saturated heterocycles. The van der Waals surface area contributed by atoms with Gasteiger partial charge < -0.3 is 14.8 Å². The zero-order valence-corrected chi connectivity index (χ0v) is 12.8. The molecule has 1 aromatic carbocycles. The van der Waals surface area contributed by atoms with Gasteiger partial charge in [0.25, 0.3) is 0 Å². The van der Waals surface area contributed by atoms with Gasteiger partial charge in [-0.2, -0.15) is 0 Å². The Bertz CT molecular complexity index is 436. The van der Waals surface area contributed by atoms with E-state index in [1.807, 2.05) is 19.1 Å². The SMILES string of the molecule is CCOC(=O)CNC1CCc2cccc(OC)c2C1.Cl. The molecule has 0 bridgehead atoms. The molecule has 0 radical (unpaired) electrons. The third-order valence-corrected chi connectivity index (χ3v) is 3.50. The second-order valence-corrected chi connectivity index (χ2v) is 4.72. The predicted octanol–water partition coefficient (Wildman–Crippen LogP) is 2.13. The van der Waals surface area contributed by atoms with E-state index < -0.39 is 0 Å². The lowest BCUT2D eigenvalue weighted by Crippen LogP contribution is -2.38. The van der Waals surface area contributed by atoms with Crippen molar-refractivity contribution in [3.63, 3.8) is 0 Å². The topological polar surface area (TPSA) is 47.6 Å². The smallest absolute Gasteiger partial charge is 0.319 e. The molecule has 112 valence electrons. The van der Waals surface area contributed by atoms with Crippen molar-refractivity contribution in [2.24, 2.45) is 0 Å². The van der Waals surface area contributed by atoms with Crippen molar-refractivity contribution >= 4 is 18.4 Å².